The topological polar surface area (TPSA) is 92.2 Å². The lowest BCUT2D eigenvalue weighted by Gasteiger charge is -2.26. The van der Waals surface area contributed by atoms with Crippen molar-refractivity contribution >= 4 is 17.9 Å². The van der Waals surface area contributed by atoms with Crippen LogP contribution in [-0.4, -0.2) is 48.3 Å². The molecule has 2 atom stereocenters. The smallest absolute Gasteiger partial charge is 0.266 e. The molecule has 3 rings (SSSR count). The van der Waals surface area contributed by atoms with Gasteiger partial charge in [0.1, 0.15) is 11.9 Å². The second-order valence-corrected chi connectivity index (χ2v) is 7.69. The third kappa shape index (κ3) is 6.31. The van der Waals surface area contributed by atoms with Crippen LogP contribution in [0.1, 0.15) is 30.9 Å². The Balaban J connectivity index is 1.82. The minimum atomic E-state index is -1.12. The van der Waals surface area contributed by atoms with Gasteiger partial charge in [0.2, 0.25) is 5.90 Å². The summed E-state index contributed by atoms with van der Waals surface area (Å²) in [6, 6.07) is 17.3. The SMILES string of the molecule is C=CCNNC(=O)[C@@]1(C/C=C/c2ccccc2)N=C(c2ccc(OCCCO)cc2)O[C@H]1C. The van der Waals surface area contributed by atoms with Crippen molar-refractivity contribution in [1.29, 1.82) is 0 Å². The zero-order valence-corrected chi connectivity index (χ0v) is 18.9. The number of amides is 1. The number of nitrogens with zero attached hydrogens (tertiary/aromatic N) is 1. The highest BCUT2D eigenvalue weighted by atomic mass is 16.5. The number of carbonyl (C=O) groups excluding carboxylic acids is 1. The number of rotatable bonds is 12. The lowest BCUT2D eigenvalue weighted by Crippen LogP contribution is -2.54. The zero-order chi connectivity index (χ0) is 23.5. The Kier molecular flexibility index (Phi) is 8.80. The maximum absolute atomic E-state index is 13.2. The van der Waals surface area contributed by atoms with Crippen LogP contribution in [0.3, 0.4) is 0 Å². The van der Waals surface area contributed by atoms with Gasteiger partial charge in [0.25, 0.3) is 5.91 Å². The van der Waals surface area contributed by atoms with Gasteiger partial charge in [-0.15, -0.1) is 6.58 Å². The Morgan fingerprint density at radius 1 is 1.24 bits per heavy atom. The minimum Gasteiger partial charge on any atom is -0.494 e. The van der Waals surface area contributed by atoms with Crippen molar-refractivity contribution in [2.45, 2.75) is 31.4 Å². The summed E-state index contributed by atoms with van der Waals surface area (Å²) in [6.07, 6.45) is 6.06. The molecule has 0 saturated carbocycles. The number of carbonyl (C=O) groups is 1. The molecule has 0 radical (unpaired) electrons. The summed E-state index contributed by atoms with van der Waals surface area (Å²) < 4.78 is 11.6. The van der Waals surface area contributed by atoms with Crippen LogP contribution in [0.2, 0.25) is 0 Å². The third-order valence-corrected chi connectivity index (χ3v) is 5.31. The molecule has 0 unspecified atom stereocenters. The van der Waals surface area contributed by atoms with E-state index in [1.165, 1.54) is 0 Å². The highest BCUT2D eigenvalue weighted by Gasteiger charge is 2.49. The summed E-state index contributed by atoms with van der Waals surface area (Å²) in [6.45, 7) is 6.47. The summed E-state index contributed by atoms with van der Waals surface area (Å²) in [5.74, 6) is 0.840. The Bertz CT molecular complexity index is 973. The molecule has 0 spiro atoms. The fourth-order valence-corrected chi connectivity index (χ4v) is 3.43. The maximum Gasteiger partial charge on any atom is 0.266 e. The zero-order valence-electron chi connectivity index (χ0n) is 18.9. The second-order valence-electron chi connectivity index (χ2n) is 7.69. The van der Waals surface area contributed by atoms with Gasteiger partial charge >= 0.3 is 0 Å². The van der Waals surface area contributed by atoms with E-state index in [0.717, 1.165) is 11.1 Å². The summed E-state index contributed by atoms with van der Waals surface area (Å²) in [4.78, 5) is 18.0. The molecule has 0 fully saturated rings. The van der Waals surface area contributed by atoms with Crippen molar-refractivity contribution < 1.29 is 19.4 Å². The second kappa shape index (κ2) is 12.0. The van der Waals surface area contributed by atoms with E-state index in [2.05, 4.69) is 17.4 Å². The van der Waals surface area contributed by atoms with Crippen LogP contribution in [0.25, 0.3) is 6.08 Å². The van der Waals surface area contributed by atoms with Gasteiger partial charge in [0.15, 0.2) is 5.54 Å². The summed E-state index contributed by atoms with van der Waals surface area (Å²) in [5, 5.41) is 8.89. The van der Waals surface area contributed by atoms with E-state index >= 15 is 0 Å². The van der Waals surface area contributed by atoms with Crippen molar-refractivity contribution in [2.75, 3.05) is 19.8 Å². The molecule has 3 N–H and O–H groups in total. The molecule has 7 heteroatoms. The predicted octanol–water partition coefficient (Wildman–Crippen LogP) is 3.26. The molecule has 1 heterocycles. The molecule has 7 nitrogen and oxygen atoms in total. The van der Waals surface area contributed by atoms with E-state index in [1.807, 2.05) is 73.7 Å². The number of hydrazine groups is 1. The van der Waals surface area contributed by atoms with Gasteiger partial charge in [-0.1, -0.05) is 48.6 Å². The normalized spacial score (nSPS) is 19.7. The van der Waals surface area contributed by atoms with Gasteiger partial charge in [0.05, 0.1) is 6.61 Å². The molecule has 174 valence electrons. The molecule has 33 heavy (non-hydrogen) atoms. The summed E-state index contributed by atoms with van der Waals surface area (Å²) in [5.41, 5.74) is 6.27. The van der Waals surface area contributed by atoms with E-state index in [0.29, 0.717) is 37.6 Å². The predicted molar refractivity (Wildman–Crippen MR) is 130 cm³/mol. The number of nitrogens with one attached hydrogen (secondary N) is 2. The molecule has 0 aromatic heterocycles. The Hall–Kier alpha value is -3.42. The van der Waals surface area contributed by atoms with Crippen LogP contribution in [0.15, 0.2) is 78.3 Å². The monoisotopic (exact) mass is 449 g/mol. The minimum absolute atomic E-state index is 0.0884. The van der Waals surface area contributed by atoms with Crippen molar-refractivity contribution in [3.8, 4) is 5.75 Å². The number of benzene rings is 2. The molecule has 0 aliphatic carbocycles. The van der Waals surface area contributed by atoms with Gasteiger partial charge in [-0.05, 0) is 36.8 Å². The van der Waals surface area contributed by atoms with E-state index in [9.17, 15) is 4.79 Å². The first-order valence-corrected chi connectivity index (χ1v) is 11.1. The van der Waals surface area contributed by atoms with Crippen LogP contribution in [0, 0.1) is 0 Å². The van der Waals surface area contributed by atoms with Crippen LogP contribution >= 0.6 is 0 Å². The molecule has 1 aliphatic rings. The first-order valence-electron chi connectivity index (χ1n) is 11.1. The third-order valence-electron chi connectivity index (χ3n) is 5.31. The van der Waals surface area contributed by atoms with Crippen LogP contribution < -0.4 is 15.6 Å². The number of aliphatic hydroxyl groups is 1. The first kappa shape index (κ1) is 24.2. The van der Waals surface area contributed by atoms with Gasteiger partial charge in [-0.25, -0.2) is 10.4 Å². The molecule has 2 aromatic carbocycles. The lowest BCUT2D eigenvalue weighted by atomic mass is 9.89. The number of aliphatic hydroxyl groups excluding tert-OH is 1. The average molecular weight is 450 g/mol. The van der Waals surface area contributed by atoms with Gasteiger partial charge in [-0.3, -0.25) is 10.2 Å². The molecular formula is C26H31N3O4. The van der Waals surface area contributed by atoms with Crippen LogP contribution in [0.5, 0.6) is 5.75 Å². The molecule has 1 aliphatic heterocycles. The number of ether oxygens (including phenoxy) is 2. The van der Waals surface area contributed by atoms with Crippen molar-refractivity contribution in [3.05, 3.63) is 84.5 Å². The molecule has 2 aromatic rings. The average Bonchev–Trinajstić information content (AvgIpc) is 3.18. The molecular weight excluding hydrogens is 418 g/mol. The Labute approximate surface area is 194 Å². The Morgan fingerprint density at radius 3 is 2.70 bits per heavy atom. The lowest BCUT2D eigenvalue weighted by molar-refractivity contribution is -0.129. The van der Waals surface area contributed by atoms with Gasteiger partial charge in [-0.2, -0.15) is 0 Å². The molecule has 0 saturated heterocycles. The van der Waals surface area contributed by atoms with E-state index in [-0.39, 0.29) is 12.5 Å². The van der Waals surface area contributed by atoms with Crippen molar-refractivity contribution in [3.63, 3.8) is 0 Å². The molecule has 1 amide bonds. The fourth-order valence-electron chi connectivity index (χ4n) is 3.43. The van der Waals surface area contributed by atoms with Crippen molar-refractivity contribution in [1.82, 2.24) is 10.9 Å². The van der Waals surface area contributed by atoms with Crippen molar-refractivity contribution in [2.24, 2.45) is 4.99 Å². The standard InChI is InChI=1S/C26H31N3O4/c1-3-17-27-29-25(31)26(16-7-11-21-9-5-4-6-10-21)20(2)33-24(28-26)22-12-14-23(15-13-22)32-19-8-18-30/h3-7,9-15,20,27,30H,1,8,16-19H2,2H3,(H,29,31)/b11-7+/t20-,26-/m0/s1. The van der Waals surface area contributed by atoms with E-state index in [1.54, 1.807) is 6.08 Å². The Morgan fingerprint density at radius 2 is 2.00 bits per heavy atom. The van der Waals surface area contributed by atoms with Crippen LogP contribution in [0.4, 0.5) is 0 Å². The number of hydrogen-bond acceptors (Lipinski definition) is 6. The largest absolute Gasteiger partial charge is 0.494 e. The first-order chi connectivity index (χ1) is 16.1. The summed E-state index contributed by atoms with van der Waals surface area (Å²) in [7, 11) is 0. The fraction of sp³-hybridized carbons (Fsp3) is 0.308. The molecule has 0 bridgehead atoms. The van der Waals surface area contributed by atoms with Gasteiger partial charge in [0, 0.05) is 31.6 Å². The quantitative estimate of drug-likeness (QED) is 0.263. The maximum atomic E-state index is 13.2. The van der Waals surface area contributed by atoms with E-state index in [4.69, 9.17) is 19.6 Å². The highest BCUT2D eigenvalue weighted by Crippen LogP contribution is 2.33. The number of hydrogen-bond donors (Lipinski definition) is 3. The van der Waals surface area contributed by atoms with E-state index < -0.39 is 11.6 Å². The van der Waals surface area contributed by atoms with Gasteiger partial charge < -0.3 is 14.6 Å². The number of aliphatic imine (C=N–C) groups is 1. The summed E-state index contributed by atoms with van der Waals surface area (Å²) >= 11 is 0. The van der Waals surface area contributed by atoms with Crippen LogP contribution in [-0.2, 0) is 9.53 Å². The highest BCUT2D eigenvalue weighted by molar-refractivity contribution is 6.00.